The summed E-state index contributed by atoms with van der Waals surface area (Å²) in [7, 11) is 1.56. The number of ether oxygens (including phenoxy) is 1. The molecule has 14 heteroatoms. The molecule has 7 rings (SSSR count). The molecule has 1 spiro atoms. The Hall–Kier alpha value is -4.36. The van der Waals surface area contributed by atoms with Gasteiger partial charge in [0, 0.05) is 86.3 Å². The zero-order valence-electron chi connectivity index (χ0n) is 26.8. The van der Waals surface area contributed by atoms with Gasteiger partial charge in [-0.15, -0.1) is 0 Å². The smallest absolute Gasteiger partial charge is 0.220 e. The van der Waals surface area contributed by atoms with Gasteiger partial charge >= 0.3 is 0 Å². The highest BCUT2D eigenvalue weighted by Crippen LogP contribution is 2.41. The first-order chi connectivity index (χ1) is 23.7. The predicted molar refractivity (Wildman–Crippen MR) is 185 cm³/mol. The van der Waals surface area contributed by atoms with Gasteiger partial charge in [0.15, 0.2) is 11.6 Å². The number of nitrogens with one attached hydrogen (secondary N) is 4. The lowest BCUT2D eigenvalue weighted by Gasteiger charge is -2.48. The highest BCUT2D eigenvalue weighted by Gasteiger charge is 2.47. The molecule has 0 bridgehead atoms. The number of hydrogen-bond acceptors (Lipinski definition) is 9. The van der Waals surface area contributed by atoms with Crippen molar-refractivity contribution in [2.45, 2.75) is 50.4 Å². The normalized spacial score (nSPS) is 18.3. The molecule has 49 heavy (non-hydrogen) atoms. The summed E-state index contributed by atoms with van der Waals surface area (Å²) < 4.78 is 21.3. The minimum atomic E-state index is -0.470. The van der Waals surface area contributed by atoms with Gasteiger partial charge in [-0.3, -0.25) is 19.5 Å². The second kappa shape index (κ2) is 13.9. The van der Waals surface area contributed by atoms with Gasteiger partial charge in [0.05, 0.1) is 39.8 Å². The number of hydrogen-bond donors (Lipinski definition) is 4. The average Bonchev–Trinajstić information content (AvgIpc) is 3.69. The zero-order chi connectivity index (χ0) is 34.1. The van der Waals surface area contributed by atoms with Crippen LogP contribution in [0.1, 0.15) is 36.8 Å². The third kappa shape index (κ3) is 6.91. The third-order valence-electron chi connectivity index (χ3n) is 9.25. The van der Waals surface area contributed by atoms with Crippen LogP contribution in [0.5, 0.6) is 5.88 Å². The molecule has 6 heterocycles. The first-order valence-electron chi connectivity index (χ1n) is 16.1. The highest BCUT2D eigenvalue weighted by molar-refractivity contribution is 6.39. The Morgan fingerprint density at radius 2 is 1.84 bits per heavy atom. The molecule has 2 amide bonds. The Morgan fingerprint density at radius 3 is 2.59 bits per heavy atom. The van der Waals surface area contributed by atoms with Gasteiger partial charge in [0.1, 0.15) is 0 Å². The largest absolute Gasteiger partial charge is 0.481 e. The maximum Gasteiger partial charge on any atom is 0.220 e. The number of nitrogens with zero attached hydrogens (tertiary/aromatic N) is 4. The monoisotopic (exact) mass is 704 g/mol. The van der Waals surface area contributed by atoms with Crippen LogP contribution in [-0.2, 0) is 22.7 Å². The minimum Gasteiger partial charge on any atom is -0.481 e. The van der Waals surface area contributed by atoms with E-state index >= 15 is 4.39 Å². The van der Waals surface area contributed by atoms with Gasteiger partial charge in [0.25, 0.3) is 0 Å². The van der Waals surface area contributed by atoms with Crippen LogP contribution in [0.15, 0.2) is 54.9 Å². The molecule has 0 aliphatic carbocycles. The van der Waals surface area contributed by atoms with Crippen molar-refractivity contribution < 1.29 is 18.7 Å². The van der Waals surface area contributed by atoms with Gasteiger partial charge in [-0.05, 0) is 37.1 Å². The molecule has 4 N–H and O–H groups in total. The summed E-state index contributed by atoms with van der Waals surface area (Å²) in [6.07, 6.45) is 5.91. The van der Waals surface area contributed by atoms with Crippen LogP contribution in [0.25, 0.3) is 22.5 Å². The van der Waals surface area contributed by atoms with Crippen molar-refractivity contribution >= 4 is 46.5 Å². The second-order valence-electron chi connectivity index (χ2n) is 12.7. The molecule has 4 aromatic rings. The predicted octanol–water partition coefficient (Wildman–Crippen LogP) is 5.24. The Kier molecular flexibility index (Phi) is 9.38. The van der Waals surface area contributed by atoms with E-state index in [1.165, 1.54) is 0 Å². The van der Waals surface area contributed by atoms with E-state index in [9.17, 15) is 9.59 Å². The van der Waals surface area contributed by atoms with E-state index in [1.54, 1.807) is 49.8 Å². The molecule has 3 fully saturated rings. The van der Waals surface area contributed by atoms with Crippen molar-refractivity contribution in [3.8, 4) is 28.4 Å². The number of halogens is 3. The van der Waals surface area contributed by atoms with Crippen LogP contribution in [0.2, 0.25) is 10.0 Å². The van der Waals surface area contributed by atoms with Crippen molar-refractivity contribution in [1.29, 1.82) is 0 Å². The van der Waals surface area contributed by atoms with Crippen molar-refractivity contribution in [2.24, 2.45) is 0 Å². The maximum atomic E-state index is 15.7. The summed E-state index contributed by atoms with van der Waals surface area (Å²) in [5.74, 6) is 0.190. The number of methoxy groups -OCH3 is 1. The van der Waals surface area contributed by atoms with E-state index < -0.39 is 5.82 Å². The SMILES string of the molecule is COc1nc(-c2ccnc(-c3cccc(Nc4nccc(CN5CC6(CCC(=O)N6)C5)c4F)c3Cl)c2Cl)ccc1CNC[C@H]1CCC(=O)N1. The van der Waals surface area contributed by atoms with Gasteiger partial charge in [-0.1, -0.05) is 41.4 Å². The lowest BCUT2D eigenvalue weighted by molar-refractivity contribution is -0.121. The summed E-state index contributed by atoms with van der Waals surface area (Å²) in [5.41, 5.74) is 3.83. The number of amides is 2. The Balaban J connectivity index is 1.07. The summed E-state index contributed by atoms with van der Waals surface area (Å²) in [6.45, 7) is 2.95. The zero-order valence-corrected chi connectivity index (χ0v) is 28.3. The number of carbonyl (C=O) groups is 2. The topological polar surface area (TPSA) is 133 Å². The van der Waals surface area contributed by atoms with Gasteiger partial charge in [-0.25, -0.2) is 14.4 Å². The van der Waals surface area contributed by atoms with Crippen molar-refractivity contribution in [3.63, 3.8) is 0 Å². The Morgan fingerprint density at radius 1 is 1.00 bits per heavy atom. The van der Waals surface area contributed by atoms with Crippen LogP contribution < -0.4 is 26.0 Å². The summed E-state index contributed by atoms with van der Waals surface area (Å²) in [5, 5.41) is 13.1. The quantitative estimate of drug-likeness (QED) is 0.166. The van der Waals surface area contributed by atoms with Crippen molar-refractivity contribution in [3.05, 3.63) is 81.8 Å². The molecule has 0 saturated carbocycles. The van der Waals surface area contributed by atoms with E-state index in [-0.39, 0.29) is 29.2 Å². The van der Waals surface area contributed by atoms with Crippen LogP contribution in [0, 0.1) is 5.82 Å². The number of benzene rings is 1. The van der Waals surface area contributed by atoms with E-state index in [0.717, 1.165) is 18.4 Å². The molecule has 0 radical (unpaired) electrons. The molecule has 1 aromatic carbocycles. The molecule has 11 nitrogen and oxygen atoms in total. The van der Waals surface area contributed by atoms with Crippen LogP contribution >= 0.6 is 23.2 Å². The number of likely N-dealkylation sites (tertiary alicyclic amines) is 1. The fraction of sp³-hybridized carbons (Fsp3) is 0.343. The fourth-order valence-corrected chi connectivity index (χ4v) is 7.35. The number of carbonyl (C=O) groups excluding carboxylic acids is 2. The Labute approximate surface area is 293 Å². The Bertz CT molecular complexity index is 1920. The fourth-order valence-electron chi connectivity index (χ4n) is 6.78. The number of aromatic nitrogens is 3. The molecular weight excluding hydrogens is 670 g/mol. The van der Waals surface area contributed by atoms with Crippen LogP contribution in [0.3, 0.4) is 0 Å². The standard InChI is InChI=1S/C35H35Cl2FN8O3/c1-49-34-20(15-39-16-22-6-8-27(47)42-22)5-7-25(44-34)23-11-14-40-32(30(23)37)24-3-2-4-26(29(24)36)43-33-31(38)21(10-13-41-33)17-46-18-35(19-46)12-9-28(48)45-35/h2-5,7,10-11,13-14,22,39H,6,8-9,12,15-19H2,1H3,(H,41,43)(H,42,47)(H,45,48)/t22-/m1/s1. The number of rotatable bonds is 11. The number of pyridine rings is 3. The molecule has 1 atom stereocenters. The molecule has 3 saturated heterocycles. The summed E-state index contributed by atoms with van der Waals surface area (Å²) >= 11 is 13.9. The second-order valence-corrected chi connectivity index (χ2v) is 13.5. The first kappa shape index (κ1) is 33.2. The maximum absolute atomic E-state index is 15.7. The summed E-state index contributed by atoms with van der Waals surface area (Å²) in [6, 6.07) is 12.7. The van der Waals surface area contributed by atoms with E-state index in [0.29, 0.717) is 95.3 Å². The van der Waals surface area contributed by atoms with Crippen molar-refractivity contribution in [1.82, 2.24) is 35.8 Å². The van der Waals surface area contributed by atoms with Crippen LogP contribution in [0.4, 0.5) is 15.9 Å². The van der Waals surface area contributed by atoms with E-state index in [4.69, 9.17) is 32.9 Å². The molecule has 0 unspecified atom stereocenters. The molecular formula is C35H35Cl2FN8O3. The lowest BCUT2D eigenvalue weighted by atomic mass is 9.88. The average molecular weight is 706 g/mol. The third-order valence-corrected chi connectivity index (χ3v) is 10.0. The van der Waals surface area contributed by atoms with Gasteiger partial charge in [0.2, 0.25) is 17.7 Å². The number of anilines is 2. The molecule has 3 aliphatic rings. The molecule has 3 aliphatic heterocycles. The lowest BCUT2D eigenvalue weighted by Crippen LogP contribution is -2.66. The summed E-state index contributed by atoms with van der Waals surface area (Å²) in [4.78, 5) is 38.8. The van der Waals surface area contributed by atoms with Crippen LogP contribution in [-0.4, -0.2) is 70.0 Å². The van der Waals surface area contributed by atoms with E-state index in [2.05, 4.69) is 36.1 Å². The highest BCUT2D eigenvalue weighted by atomic mass is 35.5. The first-order valence-corrected chi connectivity index (χ1v) is 16.9. The molecule has 254 valence electrons. The van der Waals surface area contributed by atoms with Crippen molar-refractivity contribution in [2.75, 3.05) is 32.1 Å². The molecule has 3 aromatic heterocycles. The van der Waals surface area contributed by atoms with Gasteiger partial charge in [-0.2, -0.15) is 0 Å². The minimum absolute atomic E-state index is 0.0487. The van der Waals surface area contributed by atoms with E-state index in [1.807, 2.05) is 12.1 Å². The van der Waals surface area contributed by atoms with Gasteiger partial charge < -0.3 is 26.0 Å².